The number of imide groups is 1. The highest BCUT2D eigenvalue weighted by atomic mass is 35.5. The second-order valence-corrected chi connectivity index (χ2v) is 7.67. The summed E-state index contributed by atoms with van der Waals surface area (Å²) >= 11 is 12.1. The number of hydrogen-bond donors (Lipinski definition) is 1. The van der Waals surface area contributed by atoms with Gasteiger partial charge in [-0.3, -0.25) is 9.59 Å². The molecule has 4 rings (SSSR count). The third kappa shape index (κ3) is 4.55. The number of para-hydroxylation sites is 2. The smallest absolute Gasteiger partial charge is 0.343 e. The van der Waals surface area contributed by atoms with Gasteiger partial charge in [0.15, 0.2) is 0 Å². The van der Waals surface area contributed by atoms with Crippen molar-refractivity contribution in [1.82, 2.24) is 0 Å². The molecule has 0 fully saturated rings. The molecule has 0 radical (unpaired) electrons. The average Bonchev–Trinajstić information content (AvgIpc) is 3.02. The van der Waals surface area contributed by atoms with Crippen LogP contribution in [-0.4, -0.2) is 24.9 Å². The molecule has 1 aliphatic heterocycles. The van der Waals surface area contributed by atoms with E-state index in [-0.39, 0.29) is 22.0 Å². The van der Waals surface area contributed by atoms with Crippen LogP contribution in [0, 0.1) is 0 Å². The molecule has 1 aliphatic rings. The van der Waals surface area contributed by atoms with Crippen molar-refractivity contribution in [1.29, 1.82) is 0 Å². The van der Waals surface area contributed by atoms with Crippen molar-refractivity contribution in [3.8, 4) is 11.5 Å². The van der Waals surface area contributed by atoms with Gasteiger partial charge in [-0.25, -0.2) is 9.69 Å². The standard InChI is InChI=1S/C24H16Cl2N2O5/c1-32-19-8-3-2-7-18(19)28-22(29)20(26)21(23(28)30)27-16-11-9-14(10-12-16)24(31)33-17-6-4-5-15(25)13-17/h2-13,27H,1H3. The van der Waals surface area contributed by atoms with Gasteiger partial charge in [0.25, 0.3) is 11.8 Å². The average molecular weight is 483 g/mol. The van der Waals surface area contributed by atoms with E-state index in [1.165, 1.54) is 25.3 Å². The summed E-state index contributed by atoms with van der Waals surface area (Å²) in [6.07, 6.45) is 0. The summed E-state index contributed by atoms with van der Waals surface area (Å²) in [5, 5.41) is 3.05. The Bertz CT molecular complexity index is 1290. The zero-order valence-corrected chi connectivity index (χ0v) is 18.7. The number of esters is 1. The lowest BCUT2D eigenvalue weighted by atomic mass is 10.2. The first-order valence-electron chi connectivity index (χ1n) is 9.65. The number of anilines is 2. The number of amides is 2. The largest absolute Gasteiger partial charge is 0.495 e. The number of carbonyl (C=O) groups is 3. The van der Waals surface area contributed by atoms with E-state index in [0.717, 1.165) is 4.90 Å². The first-order chi connectivity index (χ1) is 15.9. The van der Waals surface area contributed by atoms with Crippen LogP contribution in [0.15, 0.2) is 83.5 Å². The Morgan fingerprint density at radius 1 is 0.909 bits per heavy atom. The van der Waals surface area contributed by atoms with E-state index in [2.05, 4.69) is 5.32 Å². The molecule has 0 atom stereocenters. The predicted octanol–water partition coefficient (Wildman–Crippen LogP) is 5.00. The van der Waals surface area contributed by atoms with Crippen LogP contribution in [0.4, 0.5) is 11.4 Å². The highest BCUT2D eigenvalue weighted by molar-refractivity contribution is 6.53. The molecule has 0 saturated heterocycles. The minimum absolute atomic E-state index is 0.0816. The maximum Gasteiger partial charge on any atom is 0.343 e. The predicted molar refractivity (Wildman–Crippen MR) is 125 cm³/mol. The number of methoxy groups -OCH3 is 1. The fourth-order valence-electron chi connectivity index (χ4n) is 3.18. The van der Waals surface area contributed by atoms with Crippen molar-refractivity contribution < 1.29 is 23.9 Å². The lowest BCUT2D eigenvalue weighted by molar-refractivity contribution is -0.120. The summed E-state index contributed by atoms with van der Waals surface area (Å²) in [6, 6.07) is 19.3. The Hall–Kier alpha value is -3.81. The zero-order valence-electron chi connectivity index (χ0n) is 17.2. The molecular formula is C24H16Cl2N2O5. The number of halogens is 2. The van der Waals surface area contributed by atoms with Crippen molar-refractivity contribution >= 4 is 52.4 Å². The third-order valence-corrected chi connectivity index (χ3v) is 5.34. The van der Waals surface area contributed by atoms with Gasteiger partial charge < -0.3 is 14.8 Å². The second-order valence-electron chi connectivity index (χ2n) is 6.86. The van der Waals surface area contributed by atoms with Crippen LogP contribution in [0.2, 0.25) is 5.02 Å². The summed E-state index contributed by atoms with van der Waals surface area (Å²) < 4.78 is 10.5. The van der Waals surface area contributed by atoms with E-state index in [4.69, 9.17) is 32.7 Å². The number of rotatable bonds is 6. The first-order valence-corrected chi connectivity index (χ1v) is 10.4. The molecule has 1 heterocycles. The molecular weight excluding hydrogens is 467 g/mol. The fourth-order valence-corrected chi connectivity index (χ4v) is 3.57. The summed E-state index contributed by atoms with van der Waals surface area (Å²) in [7, 11) is 1.44. The Kier molecular flexibility index (Phi) is 6.35. The fraction of sp³-hybridized carbons (Fsp3) is 0.0417. The van der Waals surface area contributed by atoms with Crippen LogP contribution in [0.1, 0.15) is 10.4 Å². The number of nitrogens with zero attached hydrogens (tertiary/aromatic N) is 1. The van der Waals surface area contributed by atoms with Crippen molar-refractivity contribution in [2.75, 3.05) is 17.3 Å². The maximum atomic E-state index is 13.0. The lowest BCUT2D eigenvalue weighted by Crippen LogP contribution is -2.32. The molecule has 1 N–H and O–H groups in total. The van der Waals surface area contributed by atoms with Crippen molar-refractivity contribution in [3.05, 3.63) is 94.1 Å². The van der Waals surface area contributed by atoms with Crippen LogP contribution >= 0.6 is 23.2 Å². The monoisotopic (exact) mass is 482 g/mol. The Balaban J connectivity index is 1.50. The number of carbonyl (C=O) groups excluding carboxylic acids is 3. The molecule has 7 nitrogen and oxygen atoms in total. The van der Waals surface area contributed by atoms with Gasteiger partial charge in [-0.2, -0.15) is 0 Å². The Morgan fingerprint density at radius 2 is 1.64 bits per heavy atom. The van der Waals surface area contributed by atoms with Crippen LogP contribution in [0.25, 0.3) is 0 Å². The van der Waals surface area contributed by atoms with Gasteiger partial charge in [-0.15, -0.1) is 0 Å². The molecule has 0 aliphatic carbocycles. The maximum absolute atomic E-state index is 13.0. The highest BCUT2D eigenvalue weighted by Gasteiger charge is 2.40. The Labute approximate surface area is 199 Å². The van der Waals surface area contributed by atoms with Crippen molar-refractivity contribution in [3.63, 3.8) is 0 Å². The van der Waals surface area contributed by atoms with Crippen LogP contribution in [0.5, 0.6) is 11.5 Å². The van der Waals surface area contributed by atoms with Gasteiger partial charge in [0.2, 0.25) is 0 Å². The van der Waals surface area contributed by atoms with Gasteiger partial charge >= 0.3 is 5.97 Å². The summed E-state index contributed by atoms with van der Waals surface area (Å²) in [6.45, 7) is 0. The van der Waals surface area contributed by atoms with Crippen LogP contribution in [-0.2, 0) is 9.59 Å². The van der Waals surface area contributed by atoms with E-state index < -0.39 is 17.8 Å². The van der Waals surface area contributed by atoms with Gasteiger partial charge in [0, 0.05) is 10.7 Å². The number of benzene rings is 3. The number of hydrogen-bond acceptors (Lipinski definition) is 6. The molecule has 3 aromatic carbocycles. The van der Waals surface area contributed by atoms with Gasteiger partial charge in [0.1, 0.15) is 22.2 Å². The second kappa shape index (κ2) is 9.36. The van der Waals surface area contributed by atoms with Gasteiger partial charge in [-0.1, -0.05) is 41.4 Å². The highest BCUT2D eigenvalue weighted by Crippen LogP contribution is 2.35. The van der Waals surface area contributed by atoms with Gasteiger partial charge in [-0.05, 0) is 54.6 Å². The molecule has 0 bridgehead atoms. The van der Waals surface area contributed by atoms with Crippen molar-refractivity contribution in [2.24, 2.45) is 0 Å². The minimum Gasteiger partial charge on any atom is -0.495 e. The molecule has 2 amide bonds. The number of nitrogens with one attached hydrogen (secondary N) is 1. The molecule has 9 heteroatoms. The zero-order chi connectivity index (χ0) is 23.5. The topological polar surface area (TPSA) is 84.9 Å². The van der Waals surface area contributed by atoms with E-state index in [0.29, 0.717) is 22.2 Å². The quantitative estimate of drug-likeness (QED) is 0.302. The van der Waals surface area contributed by atoms with E-state index >= 15 is 0 Å². The van der Waals surface area contributed by atoms with Gasteiger partial charge in [0.05, 0.1) is 18.4 Å². The molecule has 166 valence electrons. The van der Waals surface area contributed by atoms with Crippen LogP contribution < -0.4 is 19.7 Å². The van der Waals surface area contributed by atoms with Crippen molar-refractivity contribution in [2.45, 2.75) is 0 Å². The summed E-state index contributed by atoms with van der Waals surface area (Å²) in [5.74, 6) is -1.20. The minimum atomic E-state index is -0.671. The summed E-state index contributed by atoms with van der Waals surface area (Å²) in [5.41, 5.74) is 0.932. The summed E-state index contributed by atoms with van der Waals surface area (Å²) in [4.78, 5) is 38.9. The molecule has 0 aromatic heterocycles. The van der Waals surface area contributed by atoms with Crippen LogP contribution in [0.3, 0.4) is 0 Å². The molecule has 3 aromatic rings. The normalized spacial score (nSPS) is 13.4. The molecule has 33 heavy (non-hydrogen) atoms. The molecule has 0 saturated carbocycles. The third-order valence-electron chi connectivity index (χ3n) is 4.75. The van der Waals surface area contributed by atoms with E-state index in [1.54, 1.807) is 54.6 Å². The first kappa shape index (κ1) is 22.4. The number of ether oxygens (including phenoxy) is 2. The molecule has 0 spiro atoms. The molecule has 0 unspecified atom stereocenters. The van der Waals surface area contributed by atoms with E-state index in [9.17, 15) is 14.4 Å². The Morgan fingerprint density at radius 3 is 2.33 bits per heavy atom. The lowest BCUT2D eigenvalue weighted by Gasteiger charge is -2.17. The SMILES string of the molecule is COc1ccccc1N1C(=O)C(Cl)=C(Nc2ccc(C(=O)Oc3cccc(Cl)c3)cc2)C1=O. The van der Waals surface area contributed by atoms with E-state index in [1.807, 2.05) is 0 Å².